The van der Waals surface area contributed by atoms with Crippen molar-refractivity contribution < 1.29 is 23.9 Å². The Morgan fingerprint density at radius 3 is 2.44 bits per heavy atom. The minimum atomic E-state index is -1.35. The highest BCUT2D eigenvalue weighted by Crippen LogP contribution is 2.65. The molecule has 2 aliphatic heterocycles. The number of guanidine groups is 1. The molecule has 0 radical (unpaired) electrons. The van der Waals surface area contributed by atoms with E-state index in [0.717, 1.165) is 38.7 Å². The first kappa shape index (κ1) is 29.4. The number of benzene rings is 2. The van der Waals surface area contributed by atoms with Gasteiger partial charge in [-0.3, -0.25) is 14.2 Å². The van der Waals surface area contributed by atoms with Gasteiger partial charge in [-0.05, 0) is 56.6 Å². The molecule has 13 heteroatoms. The van der Waals surface area contributed by atoms with E-state index in [2.05, 4.69) is 9.89 Å². The number of phenols is 2. The number of nitrogens with two attached hydrogens (primary N) is 2. The number of nitrogens with zero attached hydrogens (tertiary/aromatic N) is 3. The predicted octanol–water partition coefficient (Wildman–Crippen LogP) is 2.56. The van der Waals surface area contributed by atoms with Crippen molar-refractivity contribution in [2.24, 2.45) is 21.5 Å². The van der Waals surface area contributed by atoms with Gasteiger partial charge in [-0.25, -0.2) is 0 Å². The molecule has 39 heavy (non-hydrogen) atoms. The van der Waals surface area contributed by atoms with Crippen LogP contribution in [-0.2, 0) is 23.6 Å². The predicted molar refractivity (Wildman–Crippen MR) is 159 cm³/mol. The Hall–Kier alpha value is -2.61. The van der Waals surface area contributed by atoms with E-state index >= 15 is 0 Å². The summed E-state index contributed by atoms with van der Waals surface area (Å²) >= 11 is 3.21. The summed E-state index contributed by atoms with van der Waals surface area (Å²) < 4.78 is 24.1. The van der Waals surface area contributed by atoms with Crippen LogP contribution in [0.15, 0.2) is 36.8 Å². The van der Waals surface area contributed by atoms with Gasteiger partial charge >= 0.3 is 0 Å². The number of rotatable bonds is 10. The molecule has 0 spiro atoms. The number of phenolic OH excluding ortho intramolecular Hbond substituents is 2. The van der Waals surface area contributed by atoms with E-state index in [1.54, 1.807) is 56.1 Å². The summed E-state index contributed by atoms with van der Waals surface area (Å²) in [6.07, 6.45) is 3.46. The third-order valence-electron chi connectivity index (χ3n) is 6.61. The molecule has 10 nitrogen and oxygen atoms in total. The smallest absolute Gasteiger partial charge is 0.185 e. The molecular formula is C26H35N5O5S3. The highest BCUT2D eigenvalue weighted by molar-refractivity contribution is 8.22. The van der Waals surface area contributed by atoms with Crippen LogP contribution in [0, 0.1) is 0 Å². The maximum atomic E-state index is 13.1. The highest BCUT2D eigenvalue weighted by atomic mass is 32.2. The third-order valence-corrected chi connectivity index (χ3v) is 11.0. The summed E-state index contributed by atoms with van der Waals surface area (Å²) in [7, 11) is 5.80. The lowest BCUT2D eigenvalue weighted by Crippen LogP contribution is -2.35. The molecule has 0 amide bonds. The highest BCUT2D eigenvalue weighted by Gasteiger charge is 2.49. The molecule has 4 rings (SSSR count). The lowest BCUT2D eigenvalue weighted by Gasteiger charge is -2.32. The van der Waals surface area contributed by atoms with Crippen LogP contribution in [0.5, 0.6) is 23.0 Å². The quantitative estimate of drug-likeness (QED) is 0.183. The number of hydrogen-bond acceptors (Lipinski definition) is 10. The van der Waals surface area contributed by atoms with Crippen LogP contribution in [0.2, 0.25) is 0 Å². The SMILES string of the molecule is COc1c(OC)c(S(C)=O)c(CCN(C)C)c2c1SC(CCN=C(N)N)(C1=NCCc3cc(O)c(O)cc31)S2. The minimum Gasteiger partial charge on any atom is -0.504 e. The molecule has 0 aliphatic carbocycles. The van der Waals surface area contributed by atoms with Crippen LogP contribution < -0.4 is 20.9 Å². The van der Waals surface area contributed by atoms with Gasteiger partial charge in [-0.1, -0.05) is 23.5 Å². The molecular weight excluding hydrogens is 559 g/mol. The van der Waals surface area contributed by atoms with Gasteiger partial charge in [0.25, 0.3) is 0 Å². The molecule has 0 saturated carbocycles. The molecule has 0 aromatic heterocycles. The molecule has 0 bridgehead atoms. The standard InChI is InChI=1S/C26H35N5O5S3/c1-31(2)11-7-15-21-22(19(35-3)20(36-4)23(15)39(5)34)38-26(37-21,8-10-30-25(27)28)24-16-13-18(33)17(32)12-14(16)6-9-29-24/h12-13,32-33H,6-11H2,1-5H3,(H4,27,28,30). The molecule has 2 aliphatic rings. The first-order valence-electron chi connectivity index (χ1n) is 12.4. The van der Waals surface area contributed by atoms with Crippen LogP contribution in [0.4, 0.5) is 0 Å². The van der Waals surface area contributed by atoms with Crippen molar-refractivity contribution in [3.63, 3.8) is 0 Å². The number of fused-ring (bicyclic) bond motifs is 2. The normalized spacial score (nSPS) is 18.8. The van der Waals surface area contributed by atoms with Crippen molar-refractivity contribution in [1.82, 2.24) is 4.90 Å². The Morgan fingerprint density at radius 2 is 1.82 bits per heavy atom. The van der Waals surface area contributed by atoms with E-state index < -0.39 is 14.9 Å². The average molecular weight is 594 g/mol. The Morgan fingerprint density at radius 1 is 1.15 bits per heavy atom. The summed E-state index contributed by atoms with van der Waals surface area (Å²) in [6.45, 7) is 1.62. The monoisotopic (exact) mass is 593 g/mol. The zero-order valence-electron chi connectivity index (χ0n) is 22.7. The van der Waals surface area contributed by atoms with E-state index in [0.29, 0.717) is 48.7 Å². The second kappa shape index (κ2) is 11.9. The van der Waals surface area contributed by atoms with Crippen LogP contribution in [0.1, 0.15) is 23.1 Å². The summed E-state index contributed by atoms with van der Waals surface area (Å²) in [5.74, 6) is 0.624. The fourth-order valence-electron chi connectivity index (χ4n) is 4.87. The van der Waals surface area contributed by atoms with Crippen molar-refractivity contribution in [1.29, 1.82) is 0 Å². The molecule has 2 atom stereocenters. The second-order valence-corrected chi connectivity index (χ2v) is 13.7. The largest absolute Gasteiger partial charge is 0.504 e. The van der Waals surface area contributed by atoms with E-state index in [1.807, 2.05) is 14.1 Å². The van der Waals surface area contributed by atoms with Crippen molar-refractivity contribution >= 4 is 46.0 Å². The summed E-state index contributed by atoms with van der Waals surface area (Å²) in [5, 5.41) is 20.6. The van der Waals surface area contributed by atoms with Crippen molar-refractivity contribution in [3.05, 3.63) is 28.8 Å². The van der Waals surface area contributed by atoms with E-state index in [-0.39, 0.29) is 17.5 Å². The van der Waals surface area contributed by atoms with Gasteiger partial charge in [0.15, 0.2) is 29.0 Å². The van der Waals surface area contributed by atoms with Crippen LogP contribution in [-0.4, -0.2) is 89.3 Å². The van der Waals surface area contributed by atoms with E-state index in [9.17, 15) is 14.4 Å². The zero-order valence-corrected chi connectivity index (χ0v) is 25.2. The lowest BCUT2D eigenvalue weighted by atomic mass is 9.93. The number of aromatic hydroxyl groups is 2. The number of aliphatic imine (C=N–C) groups is 2. The van der Waals surface area contributed by atoms with Crippen LogP contribution in [0.25, 0.3) is 0 Å². The molecule has 2 unspecified atom stereocenters. The fourth-order valence-corrected chi connectivity index (χ4v) is 9.43. The van der Waals surface area contributed by atoms with Gasteiger partial charge in [-0.15, -0.1) is 0 Å². The number of likely N-dealkylation sites (N-methyl/N-ethyl adjacent to an activating group) is 1. The van der Waals surface area contributed by atoms with Gasteiger partial charge in [0.05, 0.1) is 40.5 Å². The molecule has 0 saturated heterocycles. The van der Waals surface area contributed by atoms with Gasteiger partial charge in [0, 0.05) is 36.3 Å². The van der Waals surface area contributed by atoms with Gasteiger partial charge in [-0.2, -0.15) is 0 Å². The maximum Gasteiger partial charge on any atom is 0.185 e. The van der Waals surface area contributed by atoms with Crippen LogP contribution >= 0.6 is 23.5 Å². The Kier molecular flexibility index (Phi) is 8.94. The summed E-state index contributed by atoms with van der Waals surface area (Å²) in [5.41, 5.74) is 14.7. The maximum absolute atomic E-state index is 13.1. The number of methoxy groups -OCH3 is 2. The average Bonchev–Trinajstić information content (AvgIpc) is 3.26. The van der Waals surface area contributed by atoms with Crippen molar-refractivity contribution in [2.45, 2.75) is 38.0 Å². The van der Waals surface area contributed by atoms with Gasteiger partial charge < -0.3 is 36.1 Å². The second-order valence-electron chi connectivity index (χ2n) is 9.53. The molecule has 2 aromatic rings. The fraction of sp³-hybridized carbons (Fsp3) is 0.462. The Bertz CT molecular complexity index is 1360. The minimum absolute atomic E-state index is 0.00111. The summed E-state index contributed by atoms with van der Waals surface area (Å²) in [4.78, 5) is 13.8. The van der Waals surface area contributed by atoms with Crippen molar-refractivity contribution in [2.75, 3.05) is 54.2 Å². The number of thioether (sulfide) groups is 2. The number of ether oxygens (including phenoxy) is 2. The third kappa shape index (κ3) is 5.67. The summed E-state index contributed by atoms with van der Waals surface area (Å²) in [6, 6.07) is 3.18. The molecule has 212 valence electrons. The Balaban J connectivity index is 1.96. The zero-order chi connectivity index (χ0) is 28.5. The molecule has 0 fully saturated rings. The van der Waals surface area contributed by atoms with E-state index in [4.69, 9.17) is 25.9 Å². The lowest BCUT2D eigenvalue weighted by molar-refractivity contribution is 0.336. The van der Waals surface area contributed by atoms with Crippen molar-refractivity contribution in [3.8, 4) is 23.0 Å². The first-order valence-corrected chi connectivity index (χ1v) is 15.5. The van der Waals surface area contributed by atoms with Crippen LogP contribution in [0.3, 0.4) is 0 Å². The van der Waals surface area contributed by atoms with Gasteiger partial charge in [0.1, 0.15) is 4.08 Å². The van der Waals surface area contributed by atoms with E-state index in [1.165, 1.54) is 0 Å². The van der Waals surface area contributed by atoms with Gasteiger partial charge in [0.2, 0.25) is 0 Å². The Labute approximate surface area is 239 Å². The first-order chi connectivity index (χ1) is 18.5. The molecule has 2 aromatic carbocycles. The topological polar surface area (TPSA) is 156 Å². The molecule has 6 N–H and O–H groups in total. The molecule has 2 heterocycles. The number of hydrogen-bond donors (Lipinski definition) is 4.